The molecule has 4 rings (SSSR count). The molecule has 0 bridgehead atoms. The maximum atomic E-state index is 12.6. The van der Waals surface area contributed by atoms with Crippen molar-refractivity contribution in [1.82, 2.24) is 10.2 Å². The second-order valence-corrected chi connectivity index (χ2v) is 7.85. The predicted octanol–water partition coefficient (Wildman–Crippen LogP) is 3.65. The van der Waals surface area contributed by atoms with Gasteiger partial charge in [-0.3, -0.25) is 4.90 Å². The number of nitrogens with one attached hydrogen (secondary N) is 2. The van der Waals surface area contributed by atoms with Crippen molar-refractivity contribution in [2.75, 3.05) is 50.6 Å². The zero-order valence-electron chi connectivity index (χ0n) is 17.3. The second-order valence-electron chi connectivity index (χ2n) is 7.85. The summed E-state index contributed by atoms with van der Waals surface area (Å²) >= 11 is 0. The molecule has 2 aromatic rings. The molecule has 154 valence electrons. The summed E-state index contributed by atoms with van der Waals surface area (Å²) < 4.78 is 5.32. The van der Waals surface area contributed by atoms with Crippen molar-refractivity contribution in [3.05, 3.63) is 53.6 Å². The summed E-state index contributed by atoms with van der Waals surface area (Å²) in [5, 5.41) is 5.98. The van der Waals surface area contributed by atoms with E-state index < -0.39 is 0 Å². The number of likely N-dealkylation sites (N-methyl/N-ethyl adjacent to an activating group) is 1. The highest BCUT2D eigenvalue weighted by Crippen LogP contribution is 2.32. The van der Waals surface area contributed by atoms with E-state index in [4.69, 9.17) is 4.74 Å². The maximum absolute atomic E-state index is 12.6. The van der Waals surface area contributed by atoms with Gasteiger partial charge in [-0.25, -0.2) is 4.79 Å². The Hall–Kier alpha value is -2.73. The fourth-order valence-electron chi connectivity index (χ4n) is 4.41. The second kappa shape index (κ2) is 8.74. The van der Waals surface area contributed by atoms with Crippen LogP contribution in [0.3, 0.4) is 0 Å². The Labute approximate surface area is 172 Å². The van der Waals surface area contributed by atoms with E-state index in [-0.39, 0.29) is 12.1 Å². The molecule has 6 nitrogen and oxygen atoms in total. The van der Waals surface area contributed by atoms with Gasteiger partial charge >= 0.3 is 6.03 Å². The van der Waals surface area contributed by atoms with Crippen LogP contribution in [0.15, 0.2) is 42.5 Å². The van der Waals surface area contributed by atoms with Crippen molar-refractivity contribution in [2.24, 2.45) is 0 Å². The summed E-state index contributed by atoms with van der Waals surface area (Å²) in [5.41, 5.74) is 4.70. The van der Waals surface area contributed by atoms with E-state index in [2.05, 4.69) is 45.7 Å². The summed E-state index contributed by atoms with van der Waals surface area (Å²) in [5.74, 6) is 0.654. The molecule has 2 aliphatic rings. The SMILES string of the molecule is COc1ccccc1NC(=O)NC[C@H](c1ccc2c(c1)CCN2C)N1CCCC1. The highest BCUT2D eigenvalue weighted by atomic mass is 16.5. The molecule has 2 aliphatic heterocycles. The molecule has 2 heterocycles. The van der Waals surface area contributed by atoms with Crippen LogP contribution in [-0.2, 0) is 6.42 Å². The lowest BCUT2D eigenvalue weighted by atomic mass is 10.0. The van der Waals surface area contributed by atoms with Crippen molar-refractivity contribution in [3.8, 4) is 5.75 Å². The number of hydrogen-bond acceptors (Lipinski definition) is 4. The Morgan fingerprint density at radius 3 is 2.72 bits per heavy atom. The highest BCUT2D eigenvalue weighted by molar-refractivity contribution is 5.90. The number of likely N-dealkylation sites (tertiary alicyclic amines) is 1. The normalized spacial score (nSPS) is 17.1. The number of methoxy groups -OCH3 is 1. The first-order valence-electron chi connectivity index (χ1n) is 10.4. The molecule has 0 saturated carbocycles. The van der Waals surface area contributed by atoms with Crippen LogP contribution in [0.1, 0.15) is 30.0 Å². The molecular weight excluding hydrogens is 364 g/mol. The van der Waals surface area contributed by atoms with Crippen LogP contribution < -0.4 is 20.3 Å². The van der Waals surface area contributed by atoms with Crippen molar-refractivity contribution in [3.63, 3.8) is 0 Å². The van der Waals surface area contributed by atoms with Crippen molar-refractivity contribution in [2.45, 2.75) is 25.3 Å². The average molecular weight is 395 g/mol. The zero-order chi connectivity index (χ0) is 20.2. The van der Waals surface area contributed by atoms with Gasteiger partial charge in [0, 0.05) is 25.8 Å². The minimum Gasteiger partial charge on any atom is -0.495 e. The number of amides is 2. The molecule has 1 saturated heterocycles. The summed E-state index contributed by atoms with van der Waals surface area (Å²) in [6, 6.07) is 14.2. The topological polar surface area (TPSA) is 56.8 Å². The first kappa shape index (κ1) is 19.6. The van der Waals surface area contributed by atoms with Gasteiger partial charge < -0.3 is 20.3 Å². The lowest BCUT2D eigenvalue weighted by Gasteiger charge is -2.29. The van der Waals surface area contributed by atoms with E-state index >= 15 is 0 Å². The fourth-order valence-corrected chi connectivity index (χ4v) is 4.41. The number of rotatable bonds is 6. The molecule has 0 radical (unpaired) electrons. The van der Waals surface area contributed by atoms with Gasteiger partial charge in [0.15, 0.2) is 0 Å². The molecule has 0 unspecified atom stereocenters. The Morgan fingerprint density at radius 2 is 1.93 bits per heavy atom. The number of fused-ring (bicyclic) bond motifs is 1. The summed E-state index contributed by atoms with van der Waals surface area (Å²) in [7, 11) is 3.75. The first-order chi connectivity index (χ1) is 14.2. The summed E-state index contributed by atoms with van der Waals surface area (Å²) in [4.78, 5) is 17.4. The lowest BCUT2D eigenvalue weighted by Crippen LogP contribution is -2.38. The van der Waals surface area contributed by atoms with E-state index in [1.165, 1.54) is 29.7 Å². The standard InChI is InChI=1S/C23H30N4O2/c1-26-14-11-18-15-17(9-10-20(18)26)21(27-12-5-6-13-27)16-24-23(28)25-19-7-3-4-8-22(19)29-2/h3-4,7-10,15,21H,5-6,11-14,16H2,1-2H3,(H2,24,25,28)/t21-/m1/s1. The Kier molecular flexibility index (Phi) is 5.90. The average Bonchev–Trinajstić information content (AvgIpc) is 3.39. The van der Waals surface area contributed by atoms with Gasteiger partial charge in [0.25, 0.3) is 0 Å². The number of carbonyl (C=O) groups excluding carboxylic acids is 1. The van der Waals surface area contributed by atoms with Gasteiger partial charge in [0.2, 0.25) is 0 Å². The molecule has 2 N–H and O–H groups in total. The molecule has 29 heavy (non-hydrogen) atoms. The van der Waals surface area contributed by atoms with Gasteiger partial charge in [-0.15, -0.1) is 0 Å². The monoisotopic (exact) mass is 394 g/mol. The molecular formula is C23H30N4O2. The third kappa shape index (κ3) is 4.32. The summed E-state index contributed by atoms with van der Waals surface area (Å²) in [6.45, 7) is 3.82. The number of ether oxygens (including phenoxy) is 1. The number of carbonyl (C=O) groups is 1. The maximum Gasteiger partial charge on any atom is 0.319 e. The Balaban J connectivity index is 1.46. The zero-order valence-corrected chi connectivity index (χ0v) is 17.3. The van der Waals surface area contributed by atoms with Crippen molar-refractivity contribution < 1.29 is 9.53 Å². The molecule has 1 atom stereocenters. The molecule has 2 aromatic carbocycles. The van der Waals surface area contributed by atoms with Gasteiger partial charge in [-0.1, -0.05) is 24.3 Å². The molecule has 1 fully saturated rings. The third-order valence-corrected chi connectivity index (χ3v) is 6.01. The van der Waals surface area contributed by atoms with Crippen LogP contribution in [0.2, 0.25) is 0 Å². The van der Waals surface area contributed by atoms with E-state index in [9.17, 15) is 4.79 Å². The third-order valence-electron chi connectivity index (χ3n) is 6.01. The highest BCUT2D eigenvalue weighted by Gasteiger charge is 2.26. The van der Waals surface area contributed by atoms with Gasteiger partial charge in [-0.2, -0.15) is 0 Å². The van der Waals surface area contributed by atoms with Gasteiger partial charge in [0.1, 0.15) is 5.75 Å². The number of urea groups is 1. The van der Waals surface area contributed by atoms with Crippen LogP contribution in [-0.4, -0.2) is 51.3 Å². The number of para-hydroxylation sites is 2. The van der Waals surface area contributed by atoms with E-state index in [0.29, 0.717) is 18.0 Å². The lowest BCUT2D eigenvalue weighted by molar-refractivity contribution is 0.227. The van der Waals surface area contributed by atoms with E-state index in [0.717, 1.165) is 26.1 Å². The number of anilines is 2. The Morgan fingerprint density at radius 1 is 1.14 bits per heavy atom. The van der Waals surface area contributed by atoms with Gasteiger partial charge in [0.05, 0.1) is 18.8 Å². The molecule has 0 aliphatic carbocycles. The van der Waals surface area contributed by atoms with Crippen LogP contribution >= 0.6 is 0 Å². The van der Waals surface area contributed by atoms with Gasteiger partial charge in [-0.05, 0) is 61.7 Å². The molecule has 0 aromatic heterocycles. The van der Waals surface area contributed by atoms with Crippen LogP contribution in [0.5, 0.6) is 5.75 Å². The van der Waals surface area contributed by atoms with Crippen LogP contribution in [0, 0.1) is 0 Å². The van der Waals surface area contributed by atoms with E-state index in [1.807, 2.05) is 24.3 Å². The smallest absolute Gasteiger partial charge is 0.319 e. The first-order valence-corrected chi connectivity index (χ1v) is 10.4. The number of benzene rings is 2. The fraction of sp³-hybridized carbons (Fsp3) is 0.435. The largest absolute Gasteiger partial charge is 0.495 e. The van der Waals surface area contributed by atoms with E-state index in [1.54, 1.807) is 7.11 Å². The van der Waals surface area contributed by atoms with Crippen LogP contribution in [0.4, 0.5) is 16.2 Å². The minimum atomic E-state index is -0.209. The molecule has 0 spiro atoms. The van der Waals surface area contributed by atoms with Crippen molar-refractivity contribution in [1.29, 1.82) is 0 Å². The number of hydrogen-bond donors (Lipinski definition) is 2. The summed E-state index contributed by atoms with van der Waals surface area (Å²) in [6.07, 6.45) is 3.53. The van der Waals surface area contributed by atoms with Crippen LogP contribution in [0.25, 0.3) is 0 Å². The molecule has 2 amide bonds. The molecule has 6 heteroatoms. The minimum absolute atomic E-state index is 0.192. The quantitative estimate of drug-likeness (QED) is 0.785. The van der Waals surface area contributed by atoms with Crippen molar-refractivity contribution >= 4 is 17.4 Å². The number of nitrogens with zero attached hydrogens (tertiary/aromatic N) is 2. The Bertz CT molecular complexity index is 864. The predicted molar refractivity (Wildman–Crippen MR) is 117 cm³/mol.